The Hall–Kier alpha value is -1.29. The SMILES string of the molecule is COc1cc(NC2(CN)CCCC(C)C2)ccc1F. The molecule has 0 heterocycles. The van der Waals surface area contributed by atoms with Crippen molar-refractivity contribution in [3.8, 4) is 5.75 Å². The Bertz CT molecular complexity index is 438. The fraction of sp³-hybridized carbons (Fsp3) is 0.600. The molecular weight excluding hydrogens is 243 g/mol. The molecule has 1 aromatic rings. The highest BCUT2D eigenvalue weighted by Gasteiger charge is 2.33. The molecule has 0 radical (unpaired) electrons. The summed E-state index contributed by atoms with van der Waals surface area (Å²) in [5, 5.41) is 3.50. The molecule has 4 heteroatoms. The molecule has 2 unspecified atom stereocenters. The lowest BCUT2D eigenvalue weighted by atomic mass is 9.76. The molecule has 0 bridgehead atoms. The predicted octanol–water partition coefficient (Wildman–Crippen LogP) is 3.15. The number of hydrogen-bond acceptors (Lipinski definition) is 3. The summed E-state index contributed by atoms with van der Waals surface area (Å²) in [6, 6.07) is 4.87. The van der Waals surface area contributed by atoms with Crippen molar-refractivity contribution < 1.29 is 9.13 Å². The van der Waals surface area contributed by atoms with Crippen LogP contribution in [-0.2, 0) is 0 Å². The fourth-order valence-corrected chi connectivity index (χ4v) is 3.05. The Morgan fingerprint density at radius 2 is 2.32 bits per heavy atom. The van der Waals surface area contributed by atoms with Crippen LogP contribution in [0.1, 0.15) is 32.6 Å². The summed E-state index contributed by atoms with van der Waals surface area (Å²) >= 11 is 0. The van der Waals surface area contributed by atoms with Crippen molar-refractivity contribution in [2.75, 3.05) is 19.0 Å². The monoisotopic (exact) mass is 266 g/mol. The molecule has 0 saturated heterocycles. The normalized spacial score (nSPS) is 27.1. The van der Waals surface area contributed by atoms with Gasteiger partial charge in [0.15, 0.2) is 11.6 Å². The highest BCUT2D eigenvalue weighted by molar-refractivity contribution is 5.51. The van der Waals surface area contributed by atoms with E-state index in [0.717, 1.165) is 18.5 Å². The molecule has 19 heavy (non-hydrogen) atoms. The van der Waals surface area contributed by atoms with Crippen molar-refractivity contribution >= 4 is 5.69 Å². The molecule has 1 aliphatic carbocycles. The van der Waals surface area contributed by atoms with E-state index in [4.69, 9.17) is 10.5 Å². The molecule has 0 aliphatic heterocycles. The quantitative estimate of drug-likeness (QED) is 0.880. The largest absolute Gasteiger partial charge is 0.494 e. The molecule has 2 atom stereocenters. The zero-order valence-electron chi connectivity index (χ0n) is 11.7. The maximum absolute atomic E-state index is 13.4. The number of halogens is 1. The first kappa shape index (κ1) is 14.1. The van der Waals surface area contributed by atoms with Crippen LogP contribution < -0.4 is 15.8 Å². The number of benzene rings is 1. The van der Waals surface area contributed by atoms with Crippen LogP contribution >= 0.6 is 0 Å². The second-order valence-electron chi connectivity index (χ2n) is 5.66. The molecule has 1 aromatic carbocycles. The Kier molecular flexibility index (Phi) is 4.30. The van der Waals surface area contributed by atoms with Gasteiger partial charge in [0.2, 0.25) is 0 Å². The molecule has 0 amide bonds. The minimum absolute atomic E-state index is 0.0689. The average molecular weight is 266 g/mol. The number of rotatable bonds is 4. The topological polar surface area (TPSA) is 47.3 Å². The number of methoxy groups -OCH3 is 1. The smallest absolute Gasteiger partial charge is 0.165 e. The third-order valence-corrected chi connectivity index (χ3v) is 4.04. The van der Waals surface area contributed by atoms with E-state index in [9.17, 15) is 4.39 Å². The van der Waals surface area contributed by atoms with Crippen LogP contribution in [0.5, 0.6) is 5.75 Å². The molecule has 1 fully saturated rings. The number of nitrogens with two attached hydrogens (primary N) is 1. The summed E-state index contributed by atoms with van der Waals surface area (Å²) in [7, 11) is 1.48. The Morgan fingerprint density at radius 1 is 1.53 bits per heavy atom. The molecule has 3 nitrogen and oxygen atoms in total. The summed E-state index contributed by atoms with van der Waals surface area (Å²) in [6.07, 6.45) is 4.57. The van der Waals surface area contributed by atoms with Gasteiger partial charge < -0.3 is 15.8 Å². The zero-order chi connectivity index (χ0) is 13.9. The van der Waals surface area contributed by atoms with E-state index < -0.39 is 0 Å². The maximum atomic E-state index is 13.4. The van der Waals surface area contributed by atoms with Gasteiger partial charge in [0.1, 0.15) is 0 Å². The molecule has 0 aromatic heterocycles. The number of ether oxygens (including phenoxy) is 1. The summed E-state index contributed by atoms with van der Waals surface area (Å²) in [4.78, 5) is 0. The number of anilines is 1. The van der Waals surface area contributed by atoms with Gasteiger partial charge in [0.25, 0.3) is 0 Å². The summed E-state index contributed by atoms with van der Waals surface area (Å²) in [6.45, 7) is 2.85. The Morgan fingerprint density at radius 3 is 2.95 bits per heavy atom. The lowest BCUT2D eigenvalue weighted by Crippen LogP contribution is -2.48. The minimum Gasteiger partial charge on any atom is -0.494 e. The van der Waals surface area contributed by atoms with Gasteiger partial charge in [-0.25, -0.2) is 4.39 Å². The van der Waals surface area contributed by atoms with E-state index in [0.29, 0.717) is 12.5 Å². The van der Waals surface area contributed by atoms with Crippen LogP contribution in [0.15, 0.2) is 18.2 Å². The van der Waals surface area contributed by atoms with Crippen molar-refractivity contribution in [2.45, 2.75) is 38.1 Å². The van der Waals surface area contributed by atoms with Crippen LogP contribution in [0.3, 0.4) is 0 Å². The highest BCUT2D eigenvalue weighted by Crippen LogP contribution is 2.35. The van der Waals surface area contributed by atoms with Crippen molar-refractivity contribution in [1.29, 1.82) is 0 Å². The Balaban J connectivity index is 2.18. The summed E-state index contributed by atoms with van der Waals surface area (Å²) in [5.74, 6) is 0.597. The number of nitrogens with one attached hydrogen (secondary N) is 1. The first-order valence-electron chi connectivity index (χ1n) is 6.90. The van der Waals surface area contributed by atoms with Gasteiger partial charge in [-0.2, -0.15) is 0 Å². The van der Waals surface area contributed by atoms with Gasteiger partial charge >= 0.3 is 0 Å². The Labute approximate surface area is 114 Å². The summed E-state index contributed by atoms with van der Waals surface area (Å²) in [5.41, 5.74) is 6.78. The van der Waals surface area contributed by atoms with Crippen LogP contribution in [0.25, 0.3) is 0 Å². The van der Waals surface area contributed by atoms with Crippen molar-refractivity contribution in [1.82, 2.24) is 0 Å². The van der Waals surface area contributed by atoms with Gasteiger partial charge in [0.05, 0.1) is 7.11 Å². The average Bonchev–Trinajstić information content (AvgIpc) is 2.41. The first-order valence-corrected chi connectivity index (χ1v) is 6.90. The molecule has 0 spiro atoms. The van der Waals surface area contributed by atoms with Crippen LogP contribution in [0.4, 0.5) is 10.1 Å². The van der Waals surface area contributed by atoms with E-state index in [-0.39, 0.29) is 17.1 Å². The van der Waals surface area contributed by atoms with Crippen LogP contribution in [-0.4, -0.2) is 19.2 Å². The van der Waals surface area contributed by atoms with Gasteiger partial charge in [-0.3, -0.25) is 0 Å². The molecular formula is C15H23FN2O. The van der Waals surface area contributed by atoms with Crippen LogP contribution in [0.2, 0.25) is 0 Å². The van der Waals surface area contributed by atoms with Crippen molar-refractivity contribution in [3.05, 3.63) is 24.0 Å². The highest BCUT2D eigenvalue weighted by atomic mass is 19.1. The van der Waals surface area contributed by atoms with Gasteiger partial charge in [-0.15, -0.1) is 0 Å². The third-order valence-electron chi connectivity index (χ3n) is 4.04. The van der Waals surface area contributed by atoms with E-state index in [1.54, 1.807) is 12.1 Å². The maximum Gasteiger partial charge on any atom is 0.165 e. The molecule has 106 valence electrons. The lowest BCUT2D eigenvalue weighted by molar-refractivity contribution is 0.264. The third kappa shape index (κ3) is 3.18. The van der Waals surface area contributed by atoms with Gasteiger partial charge in [0, 0.05) is 23.8 Å². The van der Waals surface area contributed by atoms with Crippen LogP contribution in [0, 0.1) is 11.7 Å². The van der Waals surface area contributed by atoms with Gasteiger partial charge in [-0.05, 0) is 30.9 Å². The fourth-order valence-electron chi connectivity index (χ4n) is 3.05. The van der Waals surface area contributed by atoms with Crippen molar-refractivity contribution in [2.24, 2.45) is 11.7 Å². The van der Waals surface area contributed by atoms with E-state index >= 15 is 0 Å². The van der Waals surface area contributed by atoms with Gasteiger partial charge in [-0.1, -0.05) is 19.8 Å². The minimum atomic E-state index is -0.341. The predicted molar refractivity (Wildman–Crippen MR) is 76.0 cm³/mol. The lowest BCUT2D eigenvalue weighted by Gasteiger charge is -2.40. The second-order valence-corrected chi connectivity index (χ2v) is 5.66. The molecule has 2 rings (SSSR count). The molecule has 1 aliphatic rings. The van der Waals surface area contributed by atoms with E-state index in [1.807, 2.05) is 0 Å². The van der Waals surface area contributed by atoms with E-state index in [1.165, 1.54) is 26.0 Å². The van der Waals surface area contributed by atoms with Crippen molar-refractivity contribution in [3.63, 3.8) is 0 Å². The first-order chi connectivity index (χ1) is 9.08. The molecule has 3 N–H and O–H groups in total. The standard InChI is InChI=1S/C15H23FN2O/c1-11-4-3-7-15(9-11,10-17)18-12-5-6-13(16)14(8-12)19-2/h5-6,8,11,18H,3-4,7,9-10,17H2,1-2H3. The zero-order valence-corrected chi connectivity index (χ0v) is 11.7. The van der Waals surface area contributed by atoms with E-state index in [2.05, 4.69) is 12.2 Å². The summed E-state index contributed by atoms with van der Waals surface area (Å²) < 4.78 is 18.4. The molecule has 1 saturated carbocycles. The second kappa shape index (κ2) is 5.78. The number of hydrogen-bond donors (Lipinski definition) is 2.